The van der Waals surface area contributed by atoms with Crippen molar-refractivity contribution < 1.29 is 23.9 Å². The molecule has 3 rings (SSSR count). The summed E-state index contributed by atoms with van der Waals surface area (Å²) in [5, 5.41) is 2.79. The second-order valence-electron chi connectivity index (χ2n) is 6.35. The molecular weight excluding hydrogens is 386 g/mol. The quantitative estimate of drug-likeness (QED) is 0.475. The van der Waals surface area contributed by atoms with Crippen molar-refractivity contribution in [2.45, 2.75) is 13.8 Å². The molecule has 1 amide bonds. The zero-order valence-electron chi connectivity index (χ0n) is 16.8. The molecule has 0 fully saturated rings. The molecule has 0 spiro atoms. The molecule has 0 aliphatic carbocycles. The highest BCUT2D eigenvalue weighted by Gasteiger charge is 2.19. The molecule has 0 saturated heterocycles. The van der Waals surface area contributed by atoms with E-state index in [1.54, 1.807) is 53.6 Å². The van der Waals surface area contributed by atoms with Gasteiger partial charge in [-0.2, -0.15) is 0 Å². The molecule has 0 saturated carbocycles. The van der Waals surface area contributed by atoms with Crippen LogP contribution in [-0.4, -0.2) is 40.9 Å². The summed E-state index contributed by atoms with van der Waals surface area (Å²) in [5.74, 6) is -0.745. The first-order valence-electron chi connectivity index (χ1n) is 9.24. The molecule has 30 heavy (non-hydrogen) atoms. The first kappa shape index (κ1) is 20.8. The second-order valence-corrected chi connectivity index (χ2v) is 6.35. The van der Waals surface area contributed by atoms with Crippen LogP contribution in [0.5, 0.6) is 5.75 Å². The first-order valence-corrected chi connectivity index (χ1v) is 9.24. The van der Waals surface area contributed by atoms with E-state index in [0.717, 1.165) is 0 Å². The number of hydrogen-bond donors (Lipinski definition) is 1. The Hall–Kier alpha value is -3.94. The van der Waals surface area contributed by atoms with Crippen LogP contribution in [0.25, 0.3) is 5.69 Å². The molecule has 1 N–H and O–H groups in total. The Bertz CT molecular complexity index is 1090. The highest BCUT2D eigenvalue weighted by Crippen LogP contribution is 2.28. The van der Waals surface area contributed by atoms with E-state index in [0.29, 0.717) is 29.3 Å². The van der Waals surface area contributed by atoms with Gasteiger partial charge < -0.3 is 19.4 Å². The highest BCUT2D eigenvalue weighted by molar-refractivity contribution is 6.09. The number of anilines is 1. The van der Waals surface area contributed by atoms with Crippen LogP contribution >= 0.6 is 0 Å². The molecule has 154 valence electrons. The Morgan fingerprint density at radius 1 is 1.10 bits per heavy atom. The van der Waals surface area contributed by atoms with E-state index in [-0.39, 0.29) is 16.9 Å². The third kappa shape index (κ3) is 4.38. The lowest BCUT2D eigenvalue weighted by Crippen LogP contribution is -2.17. The van der Waals surface area contributed by atoms with Crippen molar-refractivity contribution in [3.63, 3.8) is 0 Å². The summed E-state index contributed by atoms with van der Waals surface area (Å²) in [6.45, 7) is 3.65. The molecule has 0 aliphatic heterocycles. The van der Waals surface area contributed by atoms with Gasteiger partial charge in [-0.15, -0.1) is 0 Å². The molecular formula is C22H21N3O5. The topological polar surface area (TPSA) is 99.5 Å². The molecule has 1 aromatic heterocycles. The van der Waals surface area contributed by atoms with Crippen LogP contribution in [0.3, 0.4) is 0 Å². The molecule has 0 unspecified atom stereocenters. The van der Waals surface area contributed by atoms with E-state index >= 15 is 0 Å². The normalized spacial score (nSPS) is 10.4. The number of carbonyl (C=O) groups is 3. The maximum absolute atomic E-state index is 13.2. The molecule has 0 atom stereocenters. The van der Waals surface area contributed by atoms with Gasteiger partial charge in [-0.3, -0.25) is 9.59 Å². The SMILES string of the molecule is CCOc1ccc(C(C)=O)cc1NC(=O)c1cc(C(=O)OC)ccc1-n1ccnc1. The van der Waals surface area contributed by atoms with E-state index < -0.39 is 11.9 Å². The van der Waals surface area contributed by atoms with Crippen molar-refractivity contribution in [3.05, 3.63) is 71.8 Å². The van der Waals surface area contributed by atoms with Gasteiger partial charge in [0.15, 0.2) is 5.78 Å². The molecule has 0 radical (unpaired) electrons. The lowest BCUT2D eigenvalue weighted by molar-refractivity contribution is 0.0600. The summed E-state index contributed by atoms with van der Waals surface area (Å²) in [4.78, 5) is 40.9. The molecule has 3 aromatic rings. The number of Topliss-reactive ketones (excluding diaryl/α,β-unsaturated/α-hetero) is 1. The third-order valence-electron chi connectivity index (χ3n) is 4.38. The minimum Gasteiger partial charge on any atom is -0.492 e. The van der Waals surface area contributed by atoms with Gasteiger partial charge in [-0.05, 0) is 50.2 Å². The maximum Gasteiger partial charge on any atom is 0.337 e. The van der Waals surface area contributed by atoms with Crippen molar-refractivity contribution in [2.24, 2.45) is 0 Å². The molecule has 0 bridgehead atoms. The lowest BCUT2D eigenvalue weighted by Gasteiger charge is -2.15. The summed E-state index contributed by atoms with van der Waals surface area (Å²) < 4.78 is 12.0. The molecule has 8 heteroatoms. The van der Waals surface area contributed by atoms with Crippen LogP contribution in [0.1, 0.15) is 44.9 Å². The van der Waals surface area contributed by atoms with Gasteiger partial charge >= 0.3 is 5.97 Å². The van der Waals surface area contributed by atoms with E-state index in [4.69, 9.17) is 9.47 Å². The maximum atomic E-state index is 13.2. The van der Waals surface area contributed by atoms with Gasteiger partial charge in [0.2, 0.25) is 0 Å². The number of carbonyl (C=O) groups excluding carboxylic acids is 3. The Morgan fingerprint density at radius 3 is 2.50 bits per heavy atom. The highest BCUT2D eigenvalue weighted by atomic mass is 16.5. The third-order valence-corrected chi connectivity index (χ3v) is 4.38. The number of amides is 1. The summed E-state index contributed by atoms with van der Waals surface area (Å²) in [5.41, 5.74) is 1.78. The molecule has 0 aliphatic rings. The Morgan fingerprint density at radius 2 is 1.87 bits per heavy atom. The van der Waals surface area contributed by atoms with Crippen LogP contribution in [0.15, 0.2) is 55.1 Å². The second kappa shape index (κ2) is 9.04. The van der Waals surface area contributed by atoms with E-state index in [1.807, 2.05) is 6.92 Å². The summed E-state index contributed by atoms with van der Waals surface area (Å²) in [6, 6.07) is 9.49. The molecule has 1 heterocycles. The largest absolute Gasteiger partial charge is 0.492 e. The van der Waals surface area contributed by atoms with Crippen LogP contribution < -0.4 is 10.1 Å². The van der Waals surface area contributed by atoms with Gasteiger partial charge in [-0.1, -0.05) is 0 Å². The summed E-state index contributed by atoms with van der Waals surface area (Å²) in [6.07, 6.45) is 4.82. The number of ether oxygens (including phenoxy) is 2. The molecule has 2 aromatic carbocycles. The van der Waals surface area contributed by atoms with Gasteiger partial charge in [0.1, 0.15) is 5.75 Å². The Labute approximate surface area is 173 Å². The van der Waals surface area contributed by atoms with Crippen molar-refractivity contribution in [1.29, 1.82) is 0 Å². The monoisotopic (exact) mass is 407 g/mol. The molecule has 8 nitrogen and oxygen atoms in total. The zero-order valence-corrected chi connectivity index (χ0v) is 16.8. The Balaban J connectivity index is 2.05. The predicted molar refractivity (Wildman–Crippen MR) is 110 cm³/mol. The number of hydrogen-bond acceptors (Lipinski definition) is 6. The Kier molecular flexibility index (Phi) is 6.26. The minimum atomic E-state index is -0.560. The first-order chi connectivity index (χ1) is 14.4. The van der Waals surface area contributed by atoms with Crippen LogP contribution in [0.4, 0.5) is 5.69 Å². The van der Waals surface area contributed by atoms with E-state index in [2.05, 4.69) is 10.3 Å². The van der Waals surface area contributed by atoms with Gasteiger partial charge in [0, 0.05) is 18.0 Å². The van der Waals surface area contributed by atoms with Gasteiger partial charge in [0.25, 0.3) is 5.91 Å². The smallest absolute Gasteiger partial charge is 0.337 e. The number of methoxy groups -OCH3 is 1. The van der Waals surface area contributed by atoms with Crippen LogP contribution in [0.2, 0.25) is 0 Å². The van der Waals surface area contributed by atoms with Crippen molar-refractivity contribution in [3.8, 4) is 11.4 Å². The minimum absolute atomic E-state index is 0.139. The van der Waals surface area contributed by atoms with E-state index in [9.17, 15) is 14.4 Å². The number of benzene rings is 2. The summed E-state index contributed by atoms with van der Waals surface area (Å²) in [7, 11) is 1.27. The predicted octanol–water partition coefficient (Wildman–Crippen LogP) is 3.51. The van der Waals surface area contributed by atoms with Crippen LogP contribution in [0, 0.1) is 0 Å². The van der Waals surface area contributed by atoms with Crippen LogP contribution in [-0.2, 0) is 4.74 Å². The number of rotatable bonds is 7. The lowest BCUT2D eigenvalue weighted by atomic mass is 10.1. The van der Waals surface area contributed by atoms with Gasteiger partial charge in [-0.25, -0.2) is 9.78 Å². The number of nitrogens with zero attached hydrogens (tertiary/aromatic N) is 2. The average molecular weight is 407 g/mol. The summed E-state index contributed by atoms with van der Waals surface area (Å²) >= 11 is 0. The number of aromatic nitrogens is 2. The van der Waals surface area contributed by atoms with Crippen molar-refractivity contribution >= 4 is 23.3 Å². The number of esters is 1. The fraction of sp³-hybridized carbons (Fsp3) is 0.182. The van der Waals surface area contributed by atoms with Crippen molar-refractivity contribution in [1.82, 2.24) is 9.55 Å². The van der Waals surface area contributed by atoms with E-state index in [1.165, 1.54) is 20.1 Å². The number of nitrogens with one attached hydrogen (secondary N) is 1. The fourth-order valence-electron chi connectivity index (χ4n) is 2.91. The van der Waals surface area contributed by atoms with Crippen molar-refractivity contribution in [2.75, 3.05) is 19.0 Å². The average Bonchev–Trinajstić information content (AvgIpc) is 3.28. The van der Waals surface area contributed by atoms with Gasteiger partial charge in [0.05, 0.1) is 42.5 Å². The number of imidazole rings is 1. The standard InChI is InChI=1S/C22H21N3O5/c1-4-30-20-8-6-15(14(2)26)12-18(20)24-21(27)17-11-16(22(28)29-3)5-7-19(17)25-10-9-23-13-25/h5-13H,4H2,1-3H3,(H,24,27). The fourth-order valence-corrected chi connectivity index (χ4v) is 2.91. The zero-order chi connectivity index (χ0) is 21.7. The number of ketones is 1.